The van der Waals surface area contributed by atoms with Gasteiger partial charge in [-0.25, -0.2) is 0 Å². The molecule has 2 rings (SSSR count). The fourth-order valence-corrected chi connectivity index (χ4v) is 2.61. The molecule has 2 aromatic carbocycles. The summed E-state index contributed by atoms with van der Waals surface area (Å²) in [6.07, 6.45) is 0. The van der Waals surface area contributed by atoms with E-state index in [-0.39, 0.29) is 16.0 Å². The molecule has 2 aromatic rings. The van der Waals surface area contributed by atoms with Crippen LogP contribution in [0.5, 0.6) is 0 Å². The van der Waals surface area contributed by atoms with Crippen LogP contribution in [0.2, 0.25) is 0 Å². The lowest BCUT2D eigenvalue weighted by atomic mass is 10.0. The molecule has 0 aromatic heterocycles. The van der Waals surface area contributed by atoms with Crippen molar-refractivity contribution in [1.29, 1.82) is 0 Å². The first-order valence-electron chi connectivity index (χ1n) is 5.72. The van der Waals surface area contributed by atoms with Gasteiger partial charge in [0.25, 0.3) is 10.1 Å². The smallest absolute Gasteiger partial charge is 0.282 e. The fourth-order valence-electron chi connectivity index (χ4n) is 1.92. The number of nitro groups is 1. The monoisotopic (exact) mass is 311 g/mol. The predicted molar refractivity (Wildman–Crippen MR) is 73.0 cm³/mol. The van der Waals surface area contributed by atoms with Crippen molar-refractivity contribution in [2.75, 3.05) is 0 Å². The number of rotatable bonds is 3. The third-order valence-corrected chi connectivity index (χ3v) is 3.78. The Hall–Kier alpha value is -2.32. The Kier molecular flexibility index (Phi) is 3.75. The number of hydrogen-bond acceptors (Lipinski definition) is 4. The zero-order chi connectivity index (χ0) is 15.8. The Balaban J connectivity index is 2.70. The Bertz CT molecular complexity index is 832. The predicted octanol–water partition coefficient (Wildman–Crippen LogP) is 2.96. The van der Waals surface area contributed by atoms with Crippen molar-refractivity contribution in [3.8, 4) is 11.1 Å². The maximum Gasteiger partial charge on any atom is 0.304 e. The molecule has 0 bridgehead atoms. The van der Waals surface area contributed by atoms with Gasteiger partial charge in [0.05, 0.1) is 4.92 Å². The lowest BCUT2D eigenvalue weighted by Crippen LogP contribution is -2.01. The van der Waals surface area contributed by atoms with Crippen LogP contribution in [-0.4, -0.2) is 17.9 Å². The molecule has 21 heavy (non-hydrogen) atoms. The summed E-state index contributed by atoms with van der Waals surface area (Å²) in [7, 11) is -4.49. The molecule has 0 aliphatic rings. The number of aryl methyl sites for hydroxylation is 1. The van der Waals surface area contributed by atoms with E-state index in [1.807, 2.05) is 0 Å². The van der Waals surface area contributed by atoms with Gasteiger partial charge in [0.1, 0.15) is 4.90 Å². The van der Waals surface area contributed by atoms with E-state index < -0.39 is 26.5 Å². The molecule has 0 aliphatic carbocycles. The number of benzene rings is 2. The van der Waals surface area contributed by atoms with E-state index in [0.717, 1.165) is 12.1 Å². The van der Waals surface area contributed by atoms with Crippen molar-refractivity contribution in [3.63, 3.8) is 0 Å². The lowest BCUT2D eigenvalue weighted by Gasteiger charge is -2.09. The van der Waals surface area contributed by atoms with Gasteiger partial charge in [0, 0.05) is 11.6 Å². The topological polar surface area (TPSA) is 97.5 Å². The Morgan fingerprint density at radius 3 is 2.38 bits per heavy atom. The summed E-state index contributed by atoms with van der Waals surface area (Å²) in [5.41, 5.74) is 0.177. The average Bonchev–Trinajstić information content (AvgIpc) is 2.36. The van der Waals surface area contributed by atoms with E-state index >= 15 is 0 Å². The second kappa shape index (κ2) is 5.23. The van der Waals surface area contributed by atoms with Crippen LogP contribution in [0.3, 0.4) is 0 Å². The van der Waals surface area contributed by atoms with Crippen molar-refractivity contribution in [2.24, 2.45) is 0 Å². The second-order valence-corrected chi connectivity index (χ2v) is 5.79. The summed E-state index contributed by atoms with van der Waals surface area (Å²) < 4.78 is 45.6. The van der Waals surface area contributed by atoms with Crippen LogP contribution >= 0.6 is 0 Å². The van der Waals surface area contributed by atoms with Gasteiger partial charge in [0.2, 0.25) is 5.82 Å². The van der Waals surface area contributed by atoms with E-state index in [1.165, 1.54) is 24.3 Å². The maximum atomic E-state index is 13.7. The van der Waals surface area contributed by atoms with Crippen molar-refractivity contribution in [3.05, 3.63) is 57.9 Å². The second-order valence-electron chi connectivity index (χ2n) is 4.40. The highest BCUT2D eigenvalue weighted by Gasteiger charge is 2.20. The lowest BCUT2D eigenvalue weighted by molar-refractivity contribution is -0.387. The number of hydrogen-bond donors (Lipinski definition) is 1. The Labute approximate surface area is 119 Å². The normalized spacial score (nSPS) is 11.4. The van der Waals surface area contributed by atoms with Crippen LogP contribution in [0.15, 0.2) is 41.3 Å². The van der Waals surface area contributed by atoms with Gasteiger partial charge in [0.15, 0.2) is 0 Å². The van der Waals surface area contributed by atoms with Crippen LogP contribution in [-0.2, 0) is 10.1 Å². The summed E-state index contributed by atoms with van der Waals surface area (Å²) in [4.78, 5) is 9.32. The minimum atomic E-state index is -4.49. The highest BCUT2D eigenvalue weighted by atomic mass is 32.2. The summed E-state index contributed by atoms with van der Waals surface area (Å²) in [5.74, 6) is -1.08. The SMILES string of the molecule is Cc1ccc(S(=O)(=O)O)c(-c2ccc([N+](=O)[O-])c(F)c2)c1. The highest BCUT2D eigenvalue weighted by molar-refractivity contribution is 7.86. The molecule has 0 saturated carbocycles. The van der Waals surface area contributed by atoms with E-state index in [9.17, 15) is 27.5 Å². The summed E-state index contributed by atoms with van der Waals surface area (Å²) in [5, 5.41) is 10.6. The summed E-state index contributed by atoms with van der Waals surface area (Å²) in [6, 6.07) is 7.16. The van der Waals surface area contributed by atoms with Crippen LogP contribution in [0.25, 0.3) is 11.1 Å². The first kappa shape index (κ1) is 15.1. The maximum absolute atomic E-state index is 13.7. The standard InChI is InChI=1S/C13H10FNO5S/c1-8-2-5-13(21(18,19)20)10(6-8)9-3-4-12(15(16)17)11(14)7-9/h2-7H,1H3,(H,18,19,20). The van der Waals surface area contributed by atoms with Crippen molar-refractivity contribution >= 4 is 15.8 Å². The highest BCUT2D eigenvalue weighted by Crippen LogP contribution is 2.31. The average molecular weight is 311 g/mol. The zero-order valence-electron chi connectivity index (χ0n) is 10.8. The summed E-state index contributed by atoms with van der Waals surface area (Å²) >= 11 is 0. The largest absolute Gasteiger partial charge is 0.304 e. The quantitative estimate of drug-likeness (QED) is 0.534. The van der Waals surface area contributed by atoms with Crippen molar-refractivity contribution < 1.29 is 22.3 Å². The first-order valence-corrected chi connectivity index (χ1v) is 7.16. The van der Waals surface area contributed by atoms with Crippen LogP contribution in [0.4, 0.5) is 10.1 Å². The molecule has 0 unspecified atom stereocenters. The third-order valence-electron chi connectivity index (χ3n) is 2.87. The molecule has 6 nitrogen and oxygen atoms in total. The molecule has 0 atom stereocenters. The number of halogens is 1. The molecule has 8 heteroatoms. The molecular formula is C13H10FNO5S. The van der Waals surface area contributed by atoms with Crippen LogP contribution in [0.1, 0.15) is 5.56 Å². The van der Waals surface area contributed by atoms with E-state index in [2.05, 4.69) is 0 Å². The third kappa shape index (κ3) is 3.06. The zero-order valence-corrected chi connectivity index (χ0v) is 11.6. The van der Waals surface area contributed by atoms with Crippen LogP contribution < -0.4 is 0 Å². The Morgan fingerprint density at radius 2 is 1.86 bits per heavy atom. The van der Waals surface area contributed by atoms with Crippen LogP contribution in [0, 0.1) is 22.9 Å². The van der Waals surface area contributed by atoms with Crippen molar-refractivity contribution in [2.45, 2.75) is 11.8 Å². The molecule has 0 radical (unpaired) electrons. The molecular weight excluding hydrogens is 301 g/mol. The van der Waals surface area contributed by atoms with Gasteiger partial charge in [-0.05, 0) is 30.7 Å². The minimum Gasteiger partial charge on any atom is -0.282 e. The molecule has 1 N–H and O–H groups in total. The van der Waals surface area contributed by atoms with Gasteiger partial charge in [-0.1, -0.05) is 17.7 Å². The van der Waals surface area contributed by atoms with Gasteiger partial charge >= 0.3 is 5.69 Å². The molecule has 0 fully saturated rings. The van der Waals surface area contributed by atoms with Gasteiger partial charge in [-0.2, -0.15) is 12.8 Å². The van der Waals surface area contributed by atoms with Gasteiger partial charge in [-0.3, -0.25) is 14.7 Å². The molecule has 0 spiro atoms. The minimum absolute atomic E-state index is 0.0753. The number of nitro benzene ring substituents is 1. The molecule has 0 amide bonds. The Morgan fingerprint density at radius 1 is 1.19 bits per heavy atom. The molecule has 0 heterocycles. The van der Waals surface area contributed by atoms with E-state index in [0.29, 0.717) is 5.56 Å². The van der Waals surface area contributed by atoms with E-state index in [1.54, 1.807) is 6.92 Å². The van der Waals surface area contributed by atoms with Gasteiger partial charge < -0.3 is 0 Å². The fraction of sp³-hybridized carbons (Fsp3) is 0.0769. The number of nitrogens with zero attached hydrogens (tertiary/aromatic N) is 1. The summed E-state index contributed by atoms with van der Waals surface area (Å²) in [6.45, 7) is 1.69. The molecule has 0 aliphatic heterocycles. The van der Waals surface area contributed by atoms with Crippen molar-refractivity contribution in [1.82, 2.24) is 0 Å². The molecule has 0 saturated heterocycles. The van der Waals surface area contributed by atoms with Gasteiger partial charge in [-0.15, -0.1) is 0 Å². The first-order chi connectivity index (χ1) is 9.70. The molecule has 110 valence electrons. The van der Waals surface area contributed by atoms with E-state index in [4.69, 9.17) is 0 Å².